The van der Waals surface area contributed by atoms with Crippen molar-refractivity contribution in [1.82, 2.24) is 4.98 Å². The number of thiazole rings is 1. The third-order valence-corrected chi connectivity index (χ3v) is 3.84. The van der Waals surface area contributed by atoms with Crippen LogP contribution < -0.4 is 10.9 Å². The Morgan fingerprint density at radius 1 is 1.29 bits per heavy atom. The minimum Gasteiger partial charge on any atom is -0.421 e. The molecule has 1 N–H and O–H groups in total. The highest BCUT2D eigenvalue weighted by atomic mass is 35.5. The molecule has 1 amide bonds. The second kappa shape index (κ2) is 5.48. The number of nitrogens with one attached hydrogen (secondary N) is 1. The number of anilines is 1. The lowest BCUT2D eigenvalue weighted by Gasteiger charge is -2.04. The fourth-order valence-corrected chi connectivity index (χ4v) is 2.84. The van der Waals surface area contributed by atoms with Crippen molar-refractivity contribution in [3.63, 3.8) is 0 Å². The van der Waals surface area contributed by atoms with Crippen LogP contribution in [0.5, 0.6) is 0 Å². The maximum Gasteiger partial charge on any atom is 0.349 e. The Hall–Kier alpha value is -1.89. The molecule has 0 fully saturated rings. The SMILES string of the molecule is O=C(Nc1nccs1)c1cc2cc(Cl)cc(Cl)c2oc1=O. The van der Waals surface area contributed by atoms with Crippen LogP contribution in [0.2, 0.25) is 10.0 Å². The second-order valence-corrected chi connectivity index (χ2v) is 5.78. The number of halogens is 2. The van der Waals surface area contributed by atoms with Crippen molar-refractivity contribution < 1.29 is 9.21 Å². The summed E-state index contributed by atoms with van der Waals surface area (Å²) in [5.41, 5.74) is -0.728. The van der Waals surface area contributed by atoms with Crippen LogP contribution in [-0.2, 0) is 0 Å². The molecule has 0 saturated heterocycles. The predicted octanol–water partition coefficient (Wildman–Crippen LogP) is 3.81. The highest BCUT2D eigenvalue weighted by Gasteiger charge is 2.16. The quantitative estimate of drug-likeness (QED) is 0.720. The molecule has 8 heteroatoms. The van der Waals surface area contributed by atoms with E-state index in [1.165, 1.54) is 23.5 Å². The molecule has 0 bridgehead atoms. The molecule has 3 rings (SSSR count). The Labute approximate surface area is 132 Å². The van der Waals surface area contributed by atoms with Crippen LogP contribution in [0.3, 0.4) is 0 Å². The van der Waals surface area contributed by atoms with Gasteiger partial charge in [0.2, 0.25) is 0 Å². The van der Waals surface area contributed by atoms with Crippen LogP contribution in [0.1, 0.15) is 10.4 Å². The summed E-state index contributed by atoms with van der Waals surface area (Å²) >= 11 is 13.1. The molecule has 0 saturated carbocycles. The zero-order valence-corrected chi connectivity index (χ0v) is 12.6. The summed E-state index contributed by atoms with van der Waals surface area (Å²) in [4.78, 5) is 27.9. The van der Waals surface area contributed by atoms with Gasteiger partial charge in [0.25, 0.3) is 5.91 Å². The van der Waals surface area contributed by atoms with Crippen molar-refractivity contribution in [2.24, 2.45) is 0 Å². The summed E-state index contributed by atoms with van der Waals surface area (Å²) in [5.74, 6) is -0.600. The monoisotopic (exact) mass is 340 g/mol. The van der Waals surface area contributed by atoms with E-state index in [0.29, 0.717) is 15.5 Å². The first-order valence-electron chi connectivity index (χ1n) is 5.68. The van der Waals surface area contributed by atoms with Gasteiger partial charge in [-0.25, -0.2) is 9.78 Å². The maximum atomic E-state index is 12.1. The van der Waals surface area contributed by atoms with Crippen molar-refractivity contribution in [3.8, 4) is 0 Å². The van der Waals surface area contributed by atoms with Crippen LogP contribution in [-0.4, -0.2) is 10.9 Å². The fourth-order valence-electron chi connectivity index (χ4n) is 1.77. The molecule has 0 atom stereocenters. The van der Waals surface area contributed by atoms with Gasteiger partial charge in [-0.3, -0.25) is 10.1 Å². The first-order chi connectivity index (χ1) is 10.0. The Morgan fingerprint density at radius 3 is 2.81 bits per heavy atom. The molecular weight excluding hydrogens is 335 g/mol. The highest BCUT2D eigenvalue weighted by molar-refractivity contribution is 7.13. The summed E-state index contributed by atoms with van der Waals surface area (Å²) in [6.45, 7) is 0. The normalized spacial score (nSPS) is 10.8. The van der Waals surface area contributed by atoms with E-state index in [0.717, 1.165) is 0 Å². The van der Waals surface area contributed by atoms with Crippen LogP contribution in [0.25, 0.3) is 11.0 Å². The molecule has 21 heavy (non-hydrogen) atoms. The first kappa shape index (κ1) is 14.1. The van der Waals surface area contributed by atoms with E-state index in [1.807, 2.05) is 0 Å². The first-order valence-corrected chi connectivity index (χ1v) is 7.32. The Bertz CT molecular complexity index is 890. The molecule has 0 aliphatic rings. The lowest BCUT2D eigenvalue weighted by molar-refractivity contribution is 0.102. The van der Waals surface area contributed by atoms with Gasteiger partial charge in [-0.05, 0) is 18.2 Å². The Balaban J connectivity index is 2.08. The molecule has 3 aromatic rings. The van der Waals surface area contributed by atoms with Crippen LogP contribution >= 0.6 is 34.5 Å². The number of hydrogen-bond acceptors (Lipinski definition) is 5. The number of carbonyl (C=O) groups excluding carboxylic acids is 1. The molecule has 0 aliphatic carbocycles. The van der Waals surface area contributed by atoms with Gasteiger partial charge in [0.15, 0.2) is 10.7 Å². The summed E-state index contributed by atoms with van der Waals surface area (Å²) in [6.07, 6.45) is 1.54. The minimum absolute atomic E-state index is 0.143. The summed E-state index contributed by atoms with van der Waals surface area (Å²) in [5, 5.41) is 5.67. The average molecular weight is 341 g/mol. The zero-order chi connectivity index (χ0) is 15.0. The molecule has 0 spiro atoms. The van der Waals surface area contributed by atoms with Crippen molar-refractivity contribution in [2.45, 2.75) is 0 Å². The number of fused-ring (bicyclic) bond motifs is 1. The van der Waals surface area contributed by atoms with E-state index in [9.17, 15) is 9.59 Å². The molecule has 2 aromatic heterocycles. The Morgan fingerprint density at radius 2 is 2.10 bits per heavy atom. The molecule has 106 valence electrons. The smallest absolute Gasteiger partial charge is 0.349 e. The third kappa shape index (κ3) is 2.78. The molecule has 0 aliphatic heterocycles. The summed E-state index contributed by atoms with van der Waals surface area (Å²) in [6, 6.07) is 4.41. The number of benzene rings is 1. The van der Waals surface area contributed by atoms with Crippen molar-refractivity contribution in [1.29, 1.82) is 0 Å². The van der Waals surface area contributed by atoms with Crippen LogP contribution in [0, 0.1) is 0 Å². The van der Waals surface area contributed by atoms with Gasteiger partial charge >= 0.3 is 5.63 Å². The van der Waals surface area contributed by atoms with E-state index in [4.69, 9.17) is 27.6 Å². The van der Waals surface area contributed by atoms with E-state index in [2.05, 4.69) is 10.3 Å². The summed E-state index contributed by atoms with van der Waals surface area (Å²) in [7, 11) is 0. The predicted molar refractivity (Wildman–Crippen MR) is 82.6 cm³/mol. The lowest BCUT2D eigenvalue weighted by atomic mass is 10.2. The zero-order valence-electron chi connectivity index (χ0n) is 10.2. The second-order valence-electron chi connectivity index (χ2n) is 4.04. The van der Waals surface area contributed by atoms with Gasteiger partial charge in [-0.1, -0.05) is 23.2 Å². The number of hydrogen-bond donors (Lipinski definition) is 1. The number of carbonyl (C=O) groups is 1. The average Bonchev–Trinajstić information content (AvgIpc) is 2.91. The van der Waals surface area contributed by atoms with Crippen molar-refractivity contribution in [2.75, 3.05) is 5.32 Å². The summed E-state index contributed by atoms with van der Waals surface area (Å²) < 4.78 is 5.09. The van der Waals surface area contributed by atoms with E-state index in [-0.39, 0.29) is 16.2 Å². The highest BCUT2D eigenvalue weighted by Crippen LogP contribution is 2.27. The largest absolute Gasteiger partial charge is 0.421 e. The minimum atomic E-state index is -0.777. The molecule has 0 radical (unpaired) electrons. The Kier molecular flexibility index (Phi) is 3.67. The number of nitrogens with zero attached hydrogens (tertiary/aromatic N) is 1. The van der Waals surface area contributed by atoms with Crippen LogP contribution in [0.4, 0.5) is 5.13 Å². The van der Waals surface area contributed by atoms with Gasteiger partial charge in [-0.2, -0.15) is 0 Å². The third-order valence-electron chi connectivity index (χ3n) is 2.65. The fraction of sp³-hybridized carbons (Fsp3) is 0. The van der Waals surface area contributed by atoms with Gasteiger partial charge in [0.1, 0.15) is 5.56 Å². The number of aromatic nitrogens is 1. The van der Waals surface area contributed by atoms with Gasteiger partial charge in [-0.15, -0.1) is 11.3 Å². The lowest BCUT2D eigenvalue weighted by Crippen LogP contribution is -2.20. The van der Waals surface area contributed by atoms with Crippen LogP contribution in [0.15, 0.2) is 39.0 Å². The van der Waals surface area contributed by atoms with Crippen molar-refractivity contribution in [3.05, 3.63) is 55.8 Å². The van der Waals surface area contributed by atoms with E-state index >= 15 is 0 Å². The molecule has 1 aromatic carbocycles. The topological polar surface area (TPSA) is 72.2 Å². The van der Waals surface area contributed by atoms with Gasteiger partial charge < -0.3 is 4.42 Å². The maximum absolute atomic E-state index is 12.1. The van der Waals surface area contributed by atoms with Crippen molar-refractivity contribution >= 4 is 56.5 Å². The van der Waals surface area contributed by atoms with Gasteiger partial charge in [0.05, 0.1) is 5.02 Å². The number of rotatable bonds is 2. The molecule has 2 heterocycles. The molecule has 5 nitrogen and oxygen atoms in total. The van der Waals surface area contributed by atoms with Gasteiger partial charge in [0, 0.05) is 22.0 Å². The van der Waals surface area contributed by atoms with E-state index in [1.54, 1.807) is 17.6 Å². The molecular formula is C13H6Cl2N2O3S. The van der Waals surface area contributed by atoms with E-state index < -0.39 is 11.5 Å². The number of amides is 1. The molecule has 0 unspecified atom stereocenters. The standard InChI is InChI=1S/C13H6Cl2N2O3S/c14-7-3-6-4-8(11(18)17-13-16-1-2-21-13)12(19)20-10(6)9(15)5-7/h1-5H,(H,16,17,18).